The first-order valence-electron chi connectivity index (χ1n) is 5.36. The van der Waals surface area contributed by atoms with Gasteiger partial charge in [-0.05, 0) is 17.7 Å². The number of aromatic carboxylic acids is 1. The highest BCUT2D eigenvalue weighted by Gasteiger charge is 2.37. The molecular formula is C12H10F3NO4. The van der Waals surface area contributed by atoms with Gasteiger partial charge in [-0.1, -0.05) is 6.07 Å². The average Bonchev–Trinajstić information content (AvgIpc) is 2.36. The van der Waals surface area contributed by atoms with Crippen molar-refractivity contribution in [3.63, 3.8) is 0 Å². The van der Waals surface area contributed by atoms with Crippen LogP contribution in [0.3, 0.4) is 0 Å². The fourth-order valence-corrected chi connectivity index (χ4v) is 1.61. The van der Waals surface area contributed by atoms with Crippen molar-refractivity contribution in [1.29, 1.82) is 5.26 Å². The molecule has 5 nitrogen and oxygen atoms in total. The summed E-state index contributed by atoms with van der Waals surface area (Å²) in [4.78, 5) is 10.7. The van der Waals surface area contributed by atoms with E-state index in [0.29, 0.717) is 6.07 Å². The van der Waals surface area contributed by atoms with Crippen molar-refractivity contribution in [3.05, 3.63) is 34.9 Å². The van der Waals surface area contributed by atoms with Crippen LogP contribution in [0.2, 0.25) is 0 Å². The van der Waals surface area contributed by atoms with Gasteiger partial charge in [0, 0.05) is 0 Å². The van der Waals surface area contributed by atoms with Gasteiger partial charge in [0.15, 0.2) is 0 Å². The molecule has 0 saturated carbocycles. The summed E-state index contributed by atoms with van der Waals surface area (Å²) in [7, 11) is 0. The molecule has 3 N–H and O–H groups in total. The fraction of sp³-hybridized carbons (Fsp3) is 0.333. The van der Waals surface area contributed by atoms with Gasteiger partial charge in [0.05, 0.1) is 29.7 Å². The van der Waals surface area contributed by atoms with Gasteiger partial charge in [0.1, 0.15) is 6.10 Å². The van der Waals surface area contributed by atoms with E-state index in [1.807, 2.05) is 0 Å². The lowest BCUT2D eigenvalue weighted by Crippen LogP contribution is -2.22. The summed E-state index contributed by atoms with van der Waals surface area (Å²) in [5, 5.41) is 36.1. The first-order chi connectivity index (χ1) is 9.18. The van der Waals surface area contributed by atoms with Gasteiger partial charge in [0.25, 0.3) is 0 Å². The van der Waals surface area contributed by atoms with Crippen LogP contribution in [0.4, 0.5) is 13.2 Å². The number of aliphatic hydroxyl groups is 2. The third-order valence-electron chi connectivity index (χ3n) is 2.59. The maximum atomic E-state index is 12.9. The van der Waals surface area contributed by atoms with E-state index in [1.54, 1.807) is 0 Å². The van der Waals surface area contributed by atoms with E-state index in [2.05, 4.69) is 0 Å². The van der Waals surface area contributed by atoms with Crippen molar-refractivity contribution in [3.8, 4) is 6.07 Å². The van der Waals surface area contributed by atoms with E-state index in [-0.39, 0.29) is 0 Å². The van der Waals surface area contributed by atoms with Crippen LogP contribution in [0.1, 0.15) is 34.0 Å². The minimum atomic E-state index is -4.89. The molecule has 0 heterocycles. The molecule has 0 aliphatic carbocycles. The van der Waals surface area contributed by atoms with Gasteiger partial charge in [-0.3, -0.25) is 0 Å². The second-order valence-electron chi connectivity index (χ2n) is 3.98. The number of nitriles is 1. The fourth-order valence-electron chi connectivity index (χ4n) is 1.61. The molecule has 0 aliphatic rings. The Balaban J connectivity index is 3.33. The number of aliphatic hydroxyl groups excluding tert-OH is 2. The summed E-state index contributed by atoms with van der Waals surface area (Å²) in [5.74, 6) is -1.55. The van der Waals surface area contributed by atoms with Gasteiger partial charge in [-0.2, -0.15) is 18.4 Å². The van der Waals surface area contributed by atoms with Gasteiger partial charge in [-0.25, -0.2) is 4.79 Å². The zero-order valence-corrected chi connectivity index (χ0v) is 9.92. The number of hydrogen-bond acceptors (Lipinski definition) is 4. The number of alkyl halides is 3. The Bertz CT molecular complexity index is 551. The summed E-state index contributed by atoms with van der Waals surface area (Å²) in [5.41, 5.74) is -2.63. The summed E-state index contributed by atoms with van der Waals surface area (Å²) in [6.45, 7) is 0. The molecule has 1 rings (SSSR count). The maximum absolute atomic E-state index is 12.9. The molecule has 8 heteroatoms. The topological polar surface area (TPSA) is 102 Å². The molecule has 0 amide bonds. The Morgan fingerprint density at radius 3 is 2.40 bits per heavy atom. The Hall–Kier alpha value is -2.11. The molecule has 0 saturated heterocycles. The van der Waals surface area contributed by atoms with E-state index < -0.39 is 47.5 Å². The van der Waals surface area contributed by atoms with Crippen LogP contribution in [0.15, 0.2) is 18.2 Å². The number of hydrogen-bond donors (Lipinski definition) is 3. The number of carbonyl (C=O) groups is 1. The van der Waals surface area contributed by atoms with Crippen molar-refractivity contribution in [1.82, 2.24) is 0 Å². The minimum Gasteiger partial charge on any atom is -0.478 e. The Kier molecular flexibility index (Phi) is 4.70. The number of carboxylic acids is 1. The van der Waals surface area contributed by atoms with E-state index >= 15 is 0 Å². The molecule has 108 valence electrons. The van der Waals surface area contributed by atoms with E-state index in [9.17, 15) is 28.2 Å². The first kappa shape index (κ1) is 15.9. The third-order valence-corrected chi connectivity index (χ3v) is 2.59. The highest BCUT2D eigenvalue weighted by molar-refractivity contribution is 5.88. The zero-order chi connectivity index (χ0) is 15.5. The smallest absolute Gasteiger partial charge is 0.416 e. The number of carboxylic acid groups (broad SMARTS) is 1. The van der Waals surface area contributed by atoms with Crippen LogP contribution in [0.25, 0.3) is 0 Å². The number of rotatable bonds is 4. The Labute approximate surface area is 111 Å². The van der Waals surface area contributed by atoms with Crippen LogP contribution in [-0.4, -0.2) is 27.4 Å². The van der Waals surface area contributed by atoms with Crippen LogP contribution in [-0.2, 0) is 6.18 Å². The largest absolute Gasteiger partial charge is 0.478 e. The normalized spacial score (nSPS) is 14.4. The van der Waals surface area contributed by atoms with Crippen molar-refractivity contribution in [2.45, 2.75) is 24.8 Å². The van der Waals surface area contributed by atoms with Crippen molar-refractivity contribution in [2.24, 2.45) is 0 Å². The highest BCUT2D eigenvalue weighted by atomic mass is 19.4. The van der Waals surface area contributed by atoms with Crippen molar-refractivity contribution >= 4 is 5.97 Å². The lowest BCUT2D eigenvalue weighted by molar-refractivity contribution is -0.139. The summed E-state index contributed by atoms with van der Waals surface area (Å²) in [6.07, 6.45) is -9.08. The maximum Gasteiger partial charge on any atom is 0.416 e. The summed E-state index contributed by atoms with van der Waals surface area (Å²) >= 11 is 0. The molecule has 0 fully saturated rings. The van der Waals surface area contributed by atoms with E-state index in [1.165, 1.54) is 6.07 Å². The van der Waals surface area contributed by atoms with E-state index in [0.717, 1.165) is 12.1 Å². The molecule has 2 unspecified atom stereocenters. The van der Waals surface area contributed by atoms with Crippen LogP contribution in [0.5, 0.6) is 0 Å². The lowest BCUT2D eigenvalue weighted by atomic mass is 9.95. The SMILES string of the molecule is N#CCC(O)C(O)c1ccc(C(=O)O)cc1C(F)(F)F. The predicted octanol–water partition coefficient (Wildman–Crippen LogP) is 1.71. The molecule has 20 heavy (non-hydrogen) atoms. The number of nitrogens with zero attached hydrogens (tertiary/aromatic N) is 1. The third kappa shape index (κ3) is 3.46. The number of benzene rings is 1. The molecule has 0 aliphatic heterocycles. The highest BCUT2D eigenvalue weighted by Crippen LogP contribution is 2.36. The summed E-state index contributed by atoms with van der Waals surface area (Å²) < 4.78 is 38.6. The molecule has 0 radical (unpaired) electrons. The Morgan fingerprint density at radius 1 is 1.35 bits per heavy atom. The lowest BCUT2D eigenvalue weighted by Gasteiger charge is -2.20. The van der Waals surface area contributed by atoms with Crippen LogP contribution in [0, 0.1) is 11.3 Å². The number of halogens is 3. The van der Waals surface area contributed by atoms with Gasteiger partial charge >= 0.3 is 12.1 Å². The predicted molar refractivity (Wildman–Crippen MR) is 59.6 cm³/mol. The molecule has 0 spiro atoms. The Morgan fingerprint density at radius 2 is 1.95 bits per heavy atom. The quantitative estimate of drug-likeness (QED) is 0.783. The average molecular weight is 289 g/mol. The first-order valence-corrected chi connectivity index (χ1v) is 5.36. The van der Waals surface area contributed by atoms with E-state index in [4.69, 9.17) is 10.4 Å². The molecule has 1 aromatic carbocycles. The molecule has 1 aromatic rings. The summed E-state index contributed by atoms with van der Waals surface area (Å²) in [6, 6.07) is 3.56. The van der Waals surface area contributed by atoms with Crippen molar-refractivity contribution < 1.29 is 33.3 Å². The molecule has 0 bridgehead atoms. The molecule has 2 atom stereocenters. The van der Waals surface area contributed by atoms with Gasteiger partial charge < -0.3 is 15.3 Å². The standard InChI is InChI=1S/C12H10F3NO4/c13-12(14,15)8-5-6(11(19)20)1-2-7(8)10(18)9(17)3-4-16/h1-2,5,9-10,17-18H,3H2,(H,19,20). The van der Waals surface area contributed by atoms with Gasteiger partial charge in [-0.15, -0.1) is 0 Å². The second-order valence-corrected chi connectivity index (χ2v) is 3.98. The second kappa shape index (κ2) is 5.90. The zero-order valence-electron chi connectivity index (χ0n) is 9.92. The minimum absolute atomic E-state index is 0.375. The molecule has 0 aromatic heterocycles. The monoisotopic (exact) mass is 289 g/mol. The van der Waals surface area contributed by atoms with Crippen LogP contribution < -0.4 is 0 Å². The molecular weight excluding hydrogens is 279 g/mol. The van der Waals surface area contributed by atoms with Crippen molar-refractivity contribution in [2.75, 3.05) is 0 Å². The van der Waals surface area contributed by atoms with Crippen LogP contribution >= 0.6 is 0 Å². The van der Waals surface area contributed by atoms with Gasteiger partial charge in [0.2, 0.25) is 0 Å².